The van der Waals surface area contributed by atoms with Gasteiger partial charge >= 0.3 is 0 Å². The highest BCUT2D eigenvalue weighted by Gasteiger charge is 2.28. The fourth-order valence-electron chi connectivity index (χ4n) is 1.99. The second-order valence-corrected chi connectivity index (χ2v) is 7.72. The van der Waals surface area contributed by atoms with Crippen molar-refractivity contribution in [2.24, 2.45) is 5.92 Å². The van der Waals surface area contributed by atoms with E-state index in [2.05, 4.69) is 31.3 Å². The fraction of sp³-hybridized carbons (Fsp3) is 0.375. The molecule has 1 heterocycles. The lowest BCUT2D eigenvalue weighted by Gasteiger charge is -2.26. The first-order valence-electron chi connectivity index (χ1n) is 6.88. The third kappa shape index (κ3) is 4.55. The van der Waals surface area contributed by atoms with E-state index in [0.29, 0.717) is 5.92 Å². The molecule has 0 aromatic heterocycles. The van der Waals surface area contributed by atoms with Crippen LogP contribution in [-0.4, -0.2) is 11.3 Å². The average Bonchev–Trinajstić information content (AvgIpc) is 2.45. The second-order valence-electron chi connectivity index (χ2n) is 5.26. The zero-order valence-electron chi connectivity index (χ0n) is 12.1. The van der Waals surface area contributed by atoms with Crippen LogP contribution in [0.5, 0.6) is 0 Å². The molecule has 1 aromatic rings. The van der Waals surface area contributed by atoms with Crippen LogP contribution in [0.15, 0.2) is 40.1 Å². The van der Waals surface area contributed by atoms with Crippen molar-refractivity contribution in [2.45, 2.75) is 31.4 Å². The Hall–Kier alpha value is -1.38. The Balaban J connectivity index is 2.09. The minimum absolute atomic E-state index is 0.0628. The van der Waals surface area contributed by atoms with Crippen molar-refractivity contribution < 1.29 is 4.79 Å². The van der Waals surface area contributed by atoms with Gasteiger partial charge in [-0.3, -0.25) is 4.79 Å². The number of amides is 1. The molecule has 3 nitrogen and oxygen atoms in total. The molecule has 1 aromatic carbocycles. The van der Waals surface area contributed by atoms with Crippen LogP contribution in [0.1, 0.15) is 25.8 Å². The third-order valence-electron chi connectivity index (χ3n) is 2.98. The maximum atomic E-state index is 12.0. The molecule has 0 spiro atoms. The van der Waals surface area contributed by atoms with E-state index < -0.39 is 0 Å². The van der Waals surface area contributed by atoms with Gasteiger partial charge in [0.1, 0.15) is 11.6 Å². The van der Waals surface area contributed by atoms with Crippen LogP contribution in [0.25, 0.3) is 0 Å². The number of thioether (sulfide) groups is 2. The summed E-state index contributed by atoms with van der Waals surface area (Å²) in [4.78, 5) is 12.0. The van der Waals surface area contributed by atoms with Crippen LogP contribution in [0.2, 0.25) is 0 Å². The minimum atomic E-state index is -0.238. The molecule has 21 heavy (non-hydrogen) atoms. The van der Waals surface area contributed by atoms with Gasteiger partial charge in [-0.25, -0.2) is 0 Å². The Bertz CT molecular complexity index is 576. The highest BCUT2D eigenvalue weighted by Crippen LogP contribution is 2.40. The van der Waals surface area contributed by atoms with Gasteiger partial charge in [-0.2, -0.15) is 5.26 Å². The largest absolute Gasteiger partial charge is 0.339 e. The predicted octanol–water partition coefficient (Wildman–Crippen LogP) is 3.89. The Morgan fingerprint density at radius 1 is 1.38 bits per heavy atom. The lowest BCUT2D eigenvalue weighted by Crippen LogP contribution is -2.37. The molecule has 0 radical (unpaired) electrons. The standard InChI is InChI=1S/C16H18N2OS2/c1-11(2)8-14-18-15(19)13(9-17)16(21-14)20-10-12-6-4-3-5-7-12/h3-7,11,14H,8,10H2,1-2H3,(H,18,19)/t14-/m1/s1. The summed E-state index contributed by atoms with van der Waals surface area (Å²) < 4.78 is 0.843. The first-order chi connectivity index (χ1) is 10.1. The number of hydrogen-bond acceptors (Lipinski definition) is 4. The summed E-state index contributed by atoms with van der Waals surface area (Å²) in [6, 6.07) is 12.1. The molecule has 0 fully saturated rings. The third-order valence-corrected chi connectivity index (χ3v) is 5.58. The summed E-state index contributed by atoms with van der Waals surface area (Å²) in [5, 5.41) is 12.2. The number of nitriles is 1. The van der Waals surface area contributed by atoms with Gasteiger partial charge in [0, 0.05) is 5.75 Å². The molecule has 1 aliphatic rings. The molecule has 1 atom stereocenters. The van der Waals surface area contributed by atoms with E-state index in [4.69, 9.17) is 0 Å². The molecule has 1 amide bonds. The van der Waals surface area contributed by atoms with Gasteiger partial charge in [-0.1, -0.05) is 55.9 Å². The van der Waals surface area contributed by atoms with Gasteiger partial charge in [-0.15, -0.1) is 11.8 Å². The SMILES string of the molecule is CC(C)C[C@@H]1NC(=O)C(C#N)=C(SCc2ccccc2)S1. The average molecular weight is 318 g/mol. The van der Waals surface area contributed by atoms with E-state index in [-0.39, 0.29) is 16.9 Å². The van der Waals surface area contributed by atoms with Crippen molar-refractivity contribution in [1.82, 2.24) is 5.32 Å². The van der Waals surface area contributed by atoms with Crippen LogP contribution < -0.4 is 5.32 Å². The Kier molecular flexibility index (Phi) is 5.77. The van der Waals surface area contributed by atoms with E-state index in [0.717, 1.165) is 16.4 Å². The van der Waals surface area contributed by atoms with Gasteiger partial charge in [0.25, 0.3) is 5.91 Å². The molecule has 1 aliphatic heterocycles. The smallest absolute Gasteiger partial charge is 0.264 e. The van der Waals surface area contributed by atoms with Crippen molar-refractivity contribution >= 4 is 29.4 Å². The summed E-state index contributed by atoms with van der Waals surface area (Å²) in [5.74, 6) is 1.04. The lowest BCUT2D eigenvalue weighted by molar-refractivity contribution is -0.117. The van der Waals surface area contributed by atoms with E-state index >= 15 is 0 Å². The number of rotatable bonds is 5. The van der Waals surface area contributed by atoms with E-state index in [1.54, 1.807) is 23.5 Å². The van der Waals surface area contributed by atoms with Crippen LogP contribution in [-0.2, 0) is 10.5 Å². The molecule has 0 unspecified atom stereocenters. The molecule has 1 N–H and O–H groups in total. The summed E-state index contributed by atoms with van der Waals surface area (Å²) in [7, 11) is 0. The van der Waals surface area contributed by atoms with Gasteiger partial charge in [-0.05, 0) is 17.9 Å². The molecular weight excluding hydrogens is 300 g/mol. The number of nitrogens with one attached hydrogen (secondary N) is 1. The van der Waals surface area contributed by atoms with Crippen LogP contribution in [0, 0.1) is 17.2 Å². The first kappa shape index (κ1) is 16.0. The summed E-state index contributed by atoms with van der Waals surface area (Å²) in [6.07, 6.45) is 0.907. The predicted molar refractivity (Wildman–Crippen MR) is 89.4 cm³/mol. The Morgan fingerprint density at radius 2 is 2.10 bits per heavy atom. The first-order valence-corrected chi connectivity index (χ1v) is 8.75. The molecule has 0 bridgehead atoms. The van der Waals surface area contributed by atoms with Crippen molar-refractivity contribution in [3.8, 4) is 6.07 Å². The Morgan fingerprint density at radius 3 is 2.71 bits per heavy atom. The molecule has 5 heteroatoms. The van der Waals surface area contributed by atoms with Crippen molar-refractivity contribution in [3.05, 3.63) is 45.7 Å². The number of nitrogens with zero attached hydrogens (tertiary/aromatic N) is 1. The monoisotopic (exact) mass is 318 g/mol. The number of hydrogen-bond donors (Lipinski definition) is 1. The minimum Gasteiger partial charge on any atom is -0.339 e. The maximum absolute atomic E-state index is 12.0. The molecule has 2 rings (SSSR count). The van der Waals surface area contributed by atoms with Gasteiger partial charge in [0.15, 0.2) is 0 Å². The fourth-order valence-corrected chi connectivity index (χ4v) is 4.72. The molecule has 0 saturated carbocycles. The number of carbonyl (C=O) groups is 1. The quantitative estimate of drug-likeness (QED) is 0.895. The zero-order valence-corrected chi connectivity index (χ0v) is 13.8. The van der Waals surface area contributed by atoms with Crippen LogP contribution in [0.4, 0.5) is 0 Å². The topological polar surface area (TPSA) is 52.9 Å². The van der Waals surface area contributed by atoms with E-state index in [9.17, 15) is 10.1 Å². The van der Waals surface area contributed by atoms with Crippen molar-refractivity contribution in [1.29, 1.82) is 5.26 Å². The van der Waals surface area contributed by atoms with Gasteiger partial charge < -0.3 is 5.32 Å². The number of benzene rings is 1. The maximum Gasteiger partial charge on any atom is 0.264 e. The Labute approximate surface area is 134 Å². The van der Waals surface area contributed by atoms with Gasteiger partial charge in [0.2, 0.25) is 0 Å². The highest BCUT2D eigenvalue weighted by atomic mass is 32.2. The molecule has 0 saturated heterocycles. The lowest BCUT2D eigenvalue weighted by atomic mass is 10.1. The van der Waals surface area contributed by atoms with Crippen LogP contribution >= 0.6 is 23.5 Å². The van der Waals surface area contributed by atoms with Crippen molar-refractivity contribution in [3.63, 3.8) is 0 Å². The summed E-state index contributed by atoms with van der Waals surface area (Å²) in [5.41, 5.74) is 1.44. The molecule has 110 valence electrons. The summed E-state index contributed by atoms with van der Waals surface area (Å²) >= 11 is 3.18. The van der Waals surface area contributed by atoms with E-state index in [1.807, 2.05) is 24.3 Å². The van der Waals surface area contributed by atoms with Gasteiger partial charge in [0.05, 0.1) is 9.61 Å². The van der Waals surface area contributed by atoms with E-state index in [1.165, 1.54) is 5.56 Å². The highest BCUT2D eigenvalue weighted by molar-refractivity contribution is 8.22. The second kappa shape index (κ2) is 7.58. The normalized spacial score (nSPS) is 18.6. The summed E-state index contributed by atoms with van der Waals surface area (Å²) in [6.45, 7) is 4.26. The zero-order chi connectivity index (χ0) is 15.2. The van der Waals surface area contributed by atoms with Crippen molar-refractivity contribution in [2.75, 3.05) is 0 Å². The number of carbonyl (C=O) groups excluding carboxylic acids is 1. The molecular formula is C16H18N2OS2. The van der Waals surface area contributed by atoms with Crippen LogP contribution in [0.3, 0.4) is 0 Å². The molecule has 0 aliphatic carbocycles.